The number of hydrogen-bond acceptors (Lipinski definition) is 5. The number of benzene rings is 3. The number of hydrogen-bond donors (Lipinski definition) is 2. The van der Waals surface area contributed by atoms with Crippen molar-refractivity contribution in [2.24, 2.45) is 0 Å². The summed E-state index contributed by atoms with van der Waals surface area (Å²) in [5, 5.41) is 2.68. The van der Waals surface area contributed by atoms with E-state index in [-0.39, 0.29) is 11.4 Å². The summed E-state index contributed by atoms with van der Waals surface area (Å²) < 4.78 is 32.3. The maximum absolute atomic E-state index is 13.1. The first-order valence-electron chi connectivity index (χ1n) is 9.83. The van der Waals surface area contributed by atoms with Gasteiger partial charge in [-0.15, -0.1) is 0 Å². The second-order valence-electron chi connectivity index (χ2n) is 7.14. The second kappa shape index (κ2) is 8.81. The number of rotatable bonds is 7. The molecule has 32 heavy (non-hydrogen) atoms. The number of sulfonamides is 1. The molecule has 9 heteroatoms. The quantitative estimate of drug-likeness (QED) is 0.448. The molecule has 2 N–H and O–H groups in total. The van der Waals surface area contributed by atoms with Crippen LogP contribution in [0.3, 0.4) is 0 Å². The summed E-state index contributed by atoms with van der Waals surface area (Å²) in [6.45, 7) is -0.351. The highest BCUT2D eigenvalue weighted by molar-refractivity contribution is 7.89. The van der Waals surface area contributed by atoms with Crippen molar-refractivity contribution in [3.63, 3.8) is 0 Å². The van der Waals surface area contributed by atoms with E-state index >= 15 is 0 Å². The number of aromatic nitrogens is 2. The number of nitrogens with one attached hydrogen (secondary N) is 2. The summed E-state index contributed by atoms with van der Waals surface area (Å²) in [6, 6.07) is 21.1. The van der Waals surface area contributed by atoms with Crippen molar-refractivity contribution in [3.8, 4) is 17.1 Å². The van der Waals surface area contributed by atoms with E-state index in [9.17, 15) is 13.2 Å². The van der Waals surface area contributed by atoms with Crippen LogP contribution in [0.15, 0.2) is 77.7 Å². The molecule has 0 aliphatic rings. The van der Waals surface area contributed by atoms with Crippen LogP contribution in [0.1, 0.15) is 0 Å². The molecule has 0 aliphatic heterocycles. The lowest BCUT2D eigenvalue weighted by Crippen LogP contribution is -2.35. The zero-order valence-corrected chi connectivity index (χ0v) is 18.4. The monoisotopic (exact) mass is 450 g/mol. The number of carbonyl (C=O) groups is 1. The molecular formula is C23H22N4O4S. The SMILES string of the molecule is COc1ccccc1NC(=O)CN(C)S(=O)(=O)c1ccc2nc(-c3ccccc3)[nH]c2c1. The van der Waals surface area contributed by atoms with Crippen LogP contribution in [0.4, 0.5) is 5.69 Å². The van der Waals surface area contributed by atoms with Crippen molar-refractivity contribution in [3.05, 3.63) is 72.8 Å². The van der Waals surface area contributed by atoms with Gasteiger partial charge in [-0.1, -0.05) is 42.5 Å². The third-order valence-corrected chi connectivity index (χ3v) is 6.76. The number of aromatic amines is 1. The Labute approximate surface area is 185 Å². The fourth-order valence-electron chi connectivity index (χ4n) is 3.29. The van der Waals surface area contributed by atoms with E-state index in [0.29, 0.717) is 28.3 Å². The highest BCUT2D eigenvalue weighted by atomic mass is 32.2. The molecule has 0 saturated heterocycles. The average molecular weight is 451 g/mol. The van der Waals surface area contributed by atoms with E-state index in [4.69, 9.17) is 4.74 Å². The Balaban J connectivity index is 1.53. The molecule has 0 atom stereocenters. The molecule has 3 aromatic carbocycles. The topological polar surface area (TPSA) is 104 Å². The molecule has 8 nitrogen and oxygen atoms in total. The van der Waals surface area contributed by atoms with E-state index in [1.165, 1.54) is 26.3 Å². The number of H-pyrrole nitrogens is 1. The third kappa shape index (κ3) is 4.34. The van der Waals surface area contributed by atoms with Crippen molar-refractivity contribution in [2.45, 2.75) is 4.90 Å². The number of fused-ring (bicyclic) bond motifs is 1. The number of methoxy groups -OCH3 is 1. The predicted octanol–water partition coefficient (Wildman–Crippen LogP) is 3.50. The molecule has 0 fully saturated rings. The predicted molar refractivity (Wildman–Crippen MR) is 123 cm³/mol. The number of imidazole rings is 1. The molecule has 0 saturated carbocycles. The summed E-state index contributed by atoms with van der Waals surface area (Å²) in [5.74, 6) is 0.666. The van der Waals surface area contributed by atoms with Crippen molar-refractivity contribution >= 4 is 32.7 Å². The maximum Gasteiger partial charge on any atom is 0.243 e. The lowest BCUT2D eigenvalue weighted by atomic mass is 10.2. The van der Waals surface area contributed by atoms with Crippen molar-refractivity contribution in [1.29, 1.82) is 0 Å². The molecule has 0 bridgehead atoms. The maximum atomic E-state index is 13.1. The zero-order valence-electron chi connectivity index (χ0n) is 17.6. The standard InChI is InChI=1S/C23H22N4O4S/c1-27(15-22(28)24-19-10-6-7-11-21(19)31-2)32(29,30)17-12-13-18-20(14-17)26-23(25-18)16-8-4-3-5-9-16/h3-14H,15H2,1-2H3,(H,24,28)(H,25,26). The molecule has 4 rings (SSSR count). The van der Waals surface area contributed by atoms with Crippen LogP contribution >= 0.6 is 0 Å². The van der Waals surface area contributed by atoms with Crippen LogP contribution in [-0.2, 0) is 14.8 Å². The number of nitrogens with zero attached hydrogens (tertiary/aromatic N) is 2. The first-order valence-corrected chi connectivity index (χ1v) is 11.3. The van der Waals surface area contributed by atoms with Crippen LogP contribution in [0.5, 0.6) is 5.75 Å². The van der Waals surface area contributed by atoms with Crippen molar-refractivity contribution in [1.82, 2.24) is 14.3 Å². The smallest absolute Gasteiger partial charge is 0.243 e. The highest BCUT2D eigenvalue weighted by Gasteiger charge is 2.24. The van der Waals surface area contributed by atoms with Crippen LogP contribution < -0.4 is 10.1 Å². The molecule has 164 valence electrons. The van der Waals surface area contributed by atoms with Gasteiger partial charge in [-0.25, -0.2) is 13.4 Å². The van der Waals surface area contributed by atoms with Gasteiger partial charge in [0.2, 0.25) is 15.9 Å². The fourth-order valence-corrected chi connectivity index (χ4v) is 4.44. The molecule has 0 aliphatic carbocycles. The van der Waals surface area contributed by atoms with Gasteiger partial charge in [0.15, 0.2) is 0 Å². The Kier molecular flexibility index (Phi) is 5.93. The van der Waals surface area contributed by atoms with Crippen molar-refractivity contribution < 1.29 is 17.9 Å². The first kappa shape index (κ1) is 21.5. The van der Waals surface area contributed by atoms with Gasteiger partial charge in [-0.2, -0.15) is 4.31 Å². The van der Waals surface area contributed by atoms with Gasteiger partial charge >= 0.3 is 0 Å². The van der Waals surface area contributed by atoms with Gasteiger partial charge in [0.25, 0.3) is 0 Å². The fraction of sp³-hybridized carbons (Fsp3) is 0.130. The van der Waals surface area contributed by atoms with Crippen LogP contribution in [0.2, 0.25) is 0 Å². The van der Waals surface area contributed by atoms with E-state index in [0.717, 1.165) is 9.87 Å². The molecule has 1 aromatic heterocycles. The summed E-state index contributed by atoms with van der Waals surface area (Å²) in [6.07, 6.45) is 0. The number of para-hydroxylation sites is 2. The Morgan fingerprint density at radius 2 is 1.78 bits per heavy atom. The van der Waals surface area contributed by atoms with Gasteiger partial charge in [-0.3, -0.25) is 4.79 Å². The Hall–Kier alpha value is -3.69. The Bertz CT molecular complexity index is 1370. The molecular weight excluding hydrogens is 428 g/mol. The Morgan fingerprint density at radius 3 is 2.53 bits per heavy atom. The van der Waals surface area contributed by atoms with E-state index in [1.807, 2.05) is 30.3 Å². The van der Waals surface area contributed by atoms with E-state index in [2.05, 4.69) is 15.3 Å². The largest absolute Gasteiger partial charge is 0.495 e. The number of amides is 1. The van der Waals surface area contributed by atoms with Gasteiger partial charge in [0.05, 0.1) is 35.3 Å². The molecule has 0 radical (unpaired) electrons. The summed E-state index contributed by atoms with van der Waals surface area (Å²) in [7, 11) is -1.03. The summed E-state index contributed by atoms with van der Waals surface area (Å²) >= 11 is 0. The van der Waals surface area contributed by atoms with Gasteiger partial charge in [0, 0.05) is 12.6 Å². The minimum absolute atomic E-state index is 0.0702. The Morgan fingerprint density at radius 1 is 1.06 bits per heavy atom. The average Bonchev–Trinajstić information content (AvgIpc) is 3.23. The molecule has 0 unspecified atom stereocenters. The van der Waals surface area contributed by atoms with Crippen LogP contribution in [0, 0.1) is 0 Å². The first-order chi connectivity index (χ1) is 15.4. The second-order valence-corrected chi connectivity index (χ2v) is 9.18. The van der Waals surface area contributed by atoms with Crippen LogP contribution in [-0.4, -0.2) is 49.3 Å². The number of carbonyl (C=O) groups excluding carboxylic acids is 1. The van der Waals surface area contributed by atoms with Gasteiger partial charge < -0.3 is 15.0 Å². The van der Waals surface area contributed by atoms with Gasteiger partial charge in [0.1, 0.15) is 11.6 Å². The minimum atomic E-state index is -3.90. The molecule has 0 spiro atoms. The minimum Gasteiger partial charge on any atom is -0.495 e. The molecule has 1 heterocycles. The number of likely N-dealkylation sites (N-methyl/N-ethyl adjacent to an activating group) is 1. The van der Waals surface area contributed by atoms with E-state index < -0.39 is 15.9 Å². The lowest BCUT2D eigenvalue weighted by Gasteiger charge is -2.17. The summed E-state index contributed by atoms with van der Waals surface area (Å²) in [4.78, 5) is 20.2. The number of anilines is 1. The van der Waals surface area contributed by atoms with Crippen molar-refractivity contribution in [2.75, 3.05) is 26.0 Å². The summed E-state index contributed by atoms with van der Waals surface area (Å²) in [5.41, 5.74) is 2.62. The third-order valence-electron chi connectivity index (χ3n) is 4.96. The molecule has 4 aromatic rings. The normalized spacial score (nSPS) is 11.6. The zero-order chi connectivity index (χ0) is 22.7. The lowest BCUT2D eigenvalue weighted by molar-refractivity contribution is -0.116. The number of ether oxygens (including phenoxy) is 1. The van der Waals surface area contributed by atoms with Crippen LogP contribution in [0.25, 0.3) is 22.4 Å². The highest BCUT2D eigenvalue weighted by Crippen LogP contribution is 2.25. The van der Waals surface area contributed by atoms with E-state index in [1.54, 1.807) is 30.3 Å². The molecule has 1 amide bonds. The van der Waals surface area contributed by atoms with Gasteiger partial charge in [-0.05, 0) is 30.3 Å².